The average Bonchev–Trinajstić information content (AvgIpc) is 3.44. The van der Waals surface area contributed by atoms with Crippen LogP contribution in [-0.2, 0) is 9.53 Å². The third-order valence-electron chi connectivity index (χ3n) is 4.63. The van der Waals surface area contributed by atoms with E-state index in [1.807, 2.05) is 32.9 Å². The average molecular weight is 365 g/mol. The van der Waals surface area contributed by atoms with Crippen molar-refractivity contribution in [3.63, 3.8) is 0 Å². The topological polar surface area (TPSA) is 72.5 Å². The summed E-state index contributed by atoms with van der Waals surface area (Å²) in [4.78, 5) is 36.4. The zero-order valence-corrected chi connectivity index (χ0v) is 15.8. The van der Waals surface area contributed by atoms with E-state index in [4.69, 9.17) is 4.74 Å². The molecule has 27 heavy (non-hydrogen) atoms. The molecule has 2 aromatic carbocycles. The van der Waals surface area contributed by atoms with Gasteiger partial charge in [0.05, 0.1) is 5.56 Å². The summed E-state index contributed by atoms with van der Waals surface area (Å²) in [7, 11) is 0. The summed E-state index contributed by atoms with van der Waals surface area (Å²) in [5.74, 6) is -0.647. The van der Waals surface area contributed by atoms with Crippen molar-refractivity contribution < 1.29 is 19.1 Å². The van der Waals surface area contributed by atoms with Crippen molar-refractivity contribution in [2.75, 3.05) is 11.9 Å². The summed E-state index contributed by atoms with van der Waals surface area (Å²) in [6.07, 6.45) is 1.87. The molecule has 1 amide bonds. The van der Waals surface area contributed by atoms with Gasteiger partial charge in [0.1, 0.15) is 0 Å². The fourth-order valence-electron chi connectivity index (χ4n) is 3.19. The predicted octanol–water partition coefficient (Wildman–Crippen LogP) is 4.00. The molecule has 140 valence electrons. The lowest BCUT2D eigenvalue weighted by molar-refractivity contribution is -0.117. The minimum atomic E-state index is -0.564. The lowest BCUT2D eigenvalue weighted by atomic mass is 9.97. The number of anilines is 1. The molecule has 1 aliphatic rings. The van der Waals surface area contributed by atoms with Crippen LogP contribution in [0.25, 0.3) is 0 Å². The van der Waals surface area contributed by atoms with Crippen LogP contribution in [0.1, 0.15) is 50.2 Å². The van der Waals surface area contributed by atoms with Gasteiger partial charge in [-0.15, -0.1) is 0 Å². The fourth-order valence-corrected chi connectivity index (χ4v) is 3.19. The van der Waals surface area contributed by atoms with Crippen LogP contribution in [0.3, 0.4) is 0 Å². The lowest BCUT2D eigenvalue weighted by Gasteiger charge is -2.11. The molecule has 3 rings (SSSR count). The van der Waals surface area contributed by atoms with E-state index in [1.54, 1.807) is 24.3 Å². The van der Waals surface area contributed by atoms with Crippen LogP contribution in [0.15, 0.2) is 36.4 Å². The van der Waals surface area contributed by atoms with Crippen LogP contribution in [-0.4, -0.2) is 24.3 Å². The molecule has 0 radical (unpaired) electrons. The van der Waals surface area contributed by atoms with Gasteiger partial charge in [0, 0.05) is 17.2 Å². The smallest absolute Gasteiger partial charge is 0.338 e. The molecular formula is C22H23NO4. The zero-order valence-electron chi connectivity index (χ0n) is 15.8. The van der Waals surface area contributed by atoms with Gasteiger partial charge in [0.15, 0.2) is 6.61 Å². The second-order valence-electron chi connectivity index (χ2n) is 7.11. The molecule has 5 heteroatoms. The normalized spacial score (nSPS) is 13.1. The zero-order chi connectivity index (χ0) is 19.6. The highest BCUT2D eigenvalue weighted by molar-refractivity contribution is 6.01. The molecule has 0 heterocycles. The number of ketones is 1. The van der Waals surface area contributed by atoms with E-state index < -0.39 is 5.97 Å². The number of Topliss-reactive ketones (excluding diaryl/α,β-unsaturated/α-hetero) is 1. The van der Waals surface area contributed by atoms with Gasteiger partial charge in [0.2, 0.25) is 11.7 Å². The van der Waals surface area contributed by atoms with E-state index >= 15 is 0 Å². The van der Waals surface area contributed by atoms with E-state index in [0.29, 0.717) is 16.8 Å². The fraction of sp³-hybridized carbons (Fsp3) is 0.318. The molecule has 1 saturated carbocycles. The Bertz CT molecular complexity index is 872. The number of carbonyl (C=O) groups is 3. The third-order valence-corrected chi connectivity index (χ3v) is 4.63. The molecule has 1 aliphatic carbocycles. The Kier molecular flexibility index (Phi) is 5.40. The van der Waals surface area contributed by atoms with Gasteiger partial charge in [-0.2, -0.15) is 0 Å². The van der Waals surface area contributed by atoms with E-state index in [1.165, 1.54) is 0 Å². The van der Waals surface area contributed by atoms with Gasteiger partial charge in [-0.1, -0.05) is 17.7 Å². The Hall–Kier alpha value is -2.95. The number of aryl methyl sites for hydroxylation is 3. The maximum Gasteiger partial charge on any atom is 0.338 e. The number of carbonyl (C=O) groups excluding carboxylic acids is 3. The van der Waals surface area contributed by atoms with Crippen molar-refractivity contribution >= 4 is 23.3 Å². The largest absolute Gasteiger partial charge is 0.454 e. The minimum Gasteiger partial charge on any atom is -0.454 e. The first-order valence-corrected chi connectivity index (χ1v) is 9.04. The van der Waals surface area contributed by atoms with Crippen molar-refractivity contribution in [1.29, 1.82) is 0 Å². The number of nitrogens with one attached hydrogen (secondary N) is 1. The monoisotopic (exact) mass is 365 g/mol. The minimum absolute atomic E-state index is 0.0137. The molecule has 1 N–H and O–H groups in total. The Balaban J connectivity index is 1.59. The molecule has 0 unspecified atom stereocenters. The molecule has 2 aromatic rings. The molecule has 0 aromatic heterocycles. The number of ether oxygens (including phenoxy) is 1. The van der Waals surface area contributed by atoms with E-state index in [9.17, 15) is 14.4 Å². The summed E-state index contributed by atoms with van der Waals surface area (Å²) in [5, 5.41) is 2.81. The Morgan fingerprint density at radius 1 is 1.00 bits per heavy atom. The van der Waals surface area contributed by atoms with E-state index in [0.717, 1.165) is 29.5 Å². The van der Waals surface area contributed by atoms with Crippen LogP contribution < -0.4 is 5.32 Å². The molecular weight excluding hydrogens is 342 g/mol. The Morgan fingerprint density at radius 2 is 1.59 bits per heavy atom. The van der Waals surface area contributed by atoms with Gasteiger partial charge >= 0.3 is 5.97 Å². The van der Waals surface area contributed by atoms with Crippen molar-refractivity contribution in [2.24, 2.45) is 5.92 Å². The molecule has 0 saturated heterocycles. The van der Waals surface area contributed by atoms with Gasteiger partial charge < -0.3 is 10.1 Å². The lowest BCUT2D eigenvalue weighted by Crippen LogP contribution is -2.16. The second-order valence-corrected chi connectivity index (χ2v) is 7.11. The van der Waals surface area contributed by atoms with Crippen molar-refractivity contribution in [3.05, 3.63) is 64.2 Å². The number of amides is 1. The first kappa shape index (κ1) is 18.8. The SMILES string of the molecule is Cc1cc(C)c(C(=O)COC(=O)c2ccc(NC(=O)C3CC3)cc2)c(C)c1. The highest BCUT2D eigenvalue weighted by atomic mass is 16.5. The number of hydrogen-bond donors (Lipinski definition) is 1. The van der Waals surface area contributed by atoms with Gasteiger partial charge in [-0.05, 0) is 69.0 Å². The summed E-state index contributed by atoms with van der Waals surface area (Å²) in [5.41, 5.74) is 4.43. The highest BCUT2D eigenvalue weighted by Gasteiger charge is 2.29. The first-order valence-electron chi connectivity index (χ1n) is 9.04. The number of rotatable bonds is 6. The maximum absolute atomic E-state index is 12.5. The van der Waals surface area contributed by atoms with E-state index in [2.05, 4.69) is 5.32 Å². The number of esters is 1. The quantitative estimate of drug-likeness (QED) is 0.620. The standard InChI is InChI=1S/C22H23NO4/c1-13-10-14(2)20(15(3)11-13)19(24)12-27-22(26)17-6-8-18(9-7-17)23-21(25)16-4-5-16/h6-11,16H,4-5,12H2,1-3H3,(H,23,25). The molecule has 5 nitrogen and oxygen atoms in total. The van der Waals surface area contributed by atoms with Crippen molar-refractivity contribution in [2.45, 2.75) is 33.6 Å². The van der Waals surface area contributed by atoms with Crippen molar-refractivity contribution in [1.82, 2.24) is 0 Å². The van der Waals surface area contributed by atoms with Crippen LogP contribution in [0.2, 0.25) is 0 Å². The van der Waals surface area contributed by atoms with Crippen LogP contribution in [0, 0.1) is 26.7 Å². The maximum atomic E-state index is 12.5. The summed E-state index contributed by atoms with van der Waals surface area (Å²) in [6.45, 7) is 5.43. The molecule has 1 fully saturated rings. The molecule has 0 aliphatic heterocycles. The summed E-state index contributed by atoms with van der Waals surface area (Å²) < 4.78 is 5.18. The van der Waals surface area contributed by atoms with Gasteiger partial charge in [-0.25, -0.2) is 4.79 Å². The number of hydrogen-bond acceptors (Lipinski definition) is 4. The summed E-state index contributed by atoms with van der Waals surface area (Å²) in [6, 6.07) is 10.4. The Labute approximate surface area is 158 Å². The van der Waals surface area contributed by atoms with Gasteiger partial charge in [-0.3, -0.25) is 9.59 Å². The van der Waals surface area contributed by atoms with Crippen LogP contribution >= 0.6 is 0 Å². The van der Waals surface area contributed by atoms with Crippen LogP contribution in [0.4, 0.5) is 5.69 Å². The third kappa shape index (κ3) is 4.61. The summed E-state index contributed by atoms with van der Waals surface area (Å²) >= 11 is 0. The van der Waals surface area contributed by atoms with Gasteiger partial charge in [0.25, 0.3) is 0 Å². The molecule has 0 bridgehead atoms. The number of benzene rings is 2. The van der Waals surface area contributed by atoms with Crippen LogP contribution in [0.5, 0.6) is 0 Å². The highest BCUT2D eigenvalue weighted by Crippen LogP contribution is 2.30. The first-order chi connectivity index (χ1) is 12.8. The predicted molar refractivity (Wildman–Crippen MR) is 103 cm³/mol. The van der Waals surface area contributed by atoms with Crippen molar-refractivity contribution in [3.8, 4) is 0 Å². The molecule has 0 spiro atoms. The molecule has 0 atom stereocenters. The second kappa shape index (κ2) is 7.74. The Morgan fingerprint density at radius 3 is 2.15 bits per heavy atom. The van der Waals surface area contributed by atoms with E-state index in [-0.39, 0.29) is 24.2 Å².